The summed E-state index contributed by atoms with van der Waals surface area (Å²) >= 11 is 5.81. The lowest BCUT2D eigenvalue weighted by Gasteiger charge is -2.32. The molecule has 0 atom stereocenters. The average Bonchev–Trinajstić information content (AvgIpc) is 2.65. The van der Waals surface area contributed by atoms with Crippen LogP contribution in [0.3, 0.4) is 0 Å². The van der Waals surface area contributed by atoms with Gasteiger partial charge in [0, 0.05) is 50.2 Å². The molecule has 0 saturated carbocycles. The summed E-state index contributed by atoms with van der Waals surface area (Å²) in [6.07, 6.45) is 1.26. The summed E-state index contributed by atoms with van der Waals surface area (Å²) in [7, 11) is 0. The number of nitrogens with one attached hydrogen (secondary N) is 1. The Morgan fingerprint density at radius 3 is 2.59 bits per heavy atom. The zero-order chi connectivity index (χ0) is 19.3. The average molecular weight is 393 g/mol. The number of benzene rings is 2. The number of hydrogen-bond donors (Lipinski definition) is 2. The molecule has 0 spiro atoms. The fourth-order valence-corrected chi connectivity index (χ4v) is 3.06. The van der Waals surface area contributed by atoms with Gasteiger partial charge in [-0.15, -0.1) is 0 Å². The maximum Gasteiger partial charge on any atom is 0.313 e. The lowest BCUT2D eigenvalue weighted by Crippen LogP contribution is -2.44. The van der Waals surface area contributed by atoms with Gasteiger partial charge in [0.05, 0.1) is 10.5 Å². The molecule has 1 fully saturated rings. The Labute approximate surface area is 162 Å². The maximum absolute atomic E-state index is 11.1. The summed E-state index contributed by atoms with van der Waals surface area (Å²) in [5.41, 5.74) is 0.121. The second-order valence-corrected chi connectivity index (χ2v) is 6.99. The van der Waals surface area contributed by atoms with Crippen LogP contribution >= 0.6 is 11.6 Å². The highest BCUT2D eigenvalue weighted by molar-refractivity contribution is 6.30. The van der Waals surface area contributed by atoms with Crippen molar-refractivity contribution in [3.05, 3.63) is 63.2 Å². The van der Waals surface area contributed by atoms with Crippen molar-refractivity contribution < 1.29 is 19.5 Å². The van der Waals surface area contributed by atoms with E-state index >= 15 is 0 Å². The molecule has 2 N–H and O–H groups in total. The third kappa shape index (κ3) is 5.40. The number of nitro benzene ring substituents is 1. The molecule has 0 radical (unpaired) electrons. The Balaban J connectivity index is 1.57. The Bertz CT molecular complexity index is 791. The van der Waals surface area contributed by atoms with Gasteiger partial charge in [-0.25, -0.2) is 0 Å². The van der Waals surface area contributed by atoms with E-state index in [-0.39, 0.29) is 16.5 Å². The first kappa shape index (κ1) is 19.6. The van der Waals surface area contributed by atoms with E-state index in [2.05, 4.69) is 5.32 Å². The van der Waals surface area contributed by atoms with Crippen molar-refractivity contribution in [3.63, 3.8) is 0 Å². The summed E-state index contributed by atoms with van der Waals surface area (Å²) in [6.45, 7) is 2.28. The molecule has 0 aliphatic carbocycles. The number of aliphatic hydroxyl groups is 1. The van der Waals surface area contributed by atoms with Crippen molar-refractivity contribution in [1.82, 2.24) is 5.32 Å². The van der Waals surface area contributed by atoms with Crippen LogP contribution in [0.5, 0.6) is 11.5 Å². The molecule has 1 saturated heterocycles. The Morgan fingerprint density at radius 2 is 1.93 bits per heavy atom. The second-order valence-electron chi connectivity index (χ2n) is 6.56. The van der Waals surface area contributed by atoms with Crippen LogP contribution in [-0.4, -0.2) is 35.4 Å². The van der Waals surface area contributed by atoms with E-state index in [9.17, 15) is 15.2 Å². The predicted octanol–water partition coefficient (Wildman–Crippen LogP) is 3.67. The molecular formula is C19H21ClN2O5. The maximum atomic E-state index is 11.1. The number of halogens is 1. The quantitative estimate of drug-likeness (QED) is 0.551. The van der Waals surface area contributed by atoms with Gasteiger partial charge in [-0.05, 0) is 29.8 Å². The van der Waals surface area contributed by atoms with Gasteiger partial charge in [-0.1, -0.05) is 23.7 Å². The summed E-state index contributed by atoms with van der Waals surface area (Å²) in [5, 5.41) is 25.1. The van der Waals surface area contributed by atoms with Crippen LogP contribution in [0.15, 0.2) is 42.5 Å². The third-order valence-electron chi connectivity index (χ3n) is 4.48. The van der Waals surface area contributed by atoms with Crippen molar-refractivity contribution in [2.24, 2.45) is 0 Å². The monoisotopic (exact) mass is 392 g/mol. The number of rotatable bonds is 7. The van der Waals surface area contributed by atoms with Crippen LogP contribution in [-0.2, 0) is 11.3 Å². The van der Waals surface area contributed by atoms with E-state index in [0.717, 1.165) is 5.56 Å². The number of ether oxygens (including phenoxy) is 2. The summed E-state index contributed by atoms with van der Waals surface area (Å²) in [4.78, 5) is 10.6. The molecule has 144 valence electrons. The van der Waals surface area contributed by atoms with Crippen LogP contribution < -0.4 is 10.1 Å². The van der Waals surface area contributed by atoms with E-state index in [1.54, 1.807) is 18.2 Å². The van der Waals surface area contributed by atoms with Gasteiger partial charge in [0.2, 0.25) is 5.75 Å². The molecule has 0 aromatic heterocycles. The zero-order valence-electron chi connectivity index (χ0n) is 14.7. The van der Waals surface area contributed by atoms with Gasteiger partial charge in [0.25, 0.3) is 0 Å². The van der Waals surface area contributed by atoms with Gasteiger partial charge in [0.15, 0.2) is 0 Å². The topological polar surface area (TPSA) is 93.9 Å². The van der Waals surface area contributed by atoms with Crippen molar-refractivity contribution >= 4 is 17.3 Å². The van der Waals surface area contributed by atoms with Gasteiger partial charge in [-0.2, -0.15) is 0 Å². The molecule has 1 aliphatic heterocycles. The van der Waals surface area contributed by atoms with Crippen molar-refractivity contribution in [3.8, 4) is 11.5 Å². The number of nitro groups is 1. The molecule has 27 heavy (non-hydrogen) atoms. The highest BCUT2D eigenvalue weighted by Gasteiger charge is 2.29. The molecule has 8 heteroatoms. The molecule has 1 aliphatic rings. The number of nitrogens with zero attached hydrogens (tertiary/aromatic N) is 1. The largest absolute Gasteiger partial charge is 0.450 e. The van der Waals surface area contributed by atoms with E-state index in [0.29, 0.717) is 44.9 Å². The third-order valence-corrected chi connectivity index (χ3v) is 4.71. The zero-order valence-corrected chi connectivity index (χ0v) is 15.4. The molecule has 3 rings (SSSR count). The summed E-state index contributed by atoms with van der Waals surface area (Å²) in [5.74, 6) is 0.629. The molecular weight excluding hydrogens is 372 g/mol. The van der Waals surface area contributed by atoms with Gasteiger partial charge in [0.1, 0.15) is 5.75 Å². The first-order valence-corrected chi connectivity index (χ1v) is 9.05. The smallest absolute Gasteiger partial charge is 0.313 e. The Hall–Kier alpha value is -2.19. The molecule has 0 bridgehead atoms. The van der Waals surface area contributed by atoms with Crippen molar-refractivity contribution in [2.45, 2.75) is 25.0 Å². The van der Waals surface area contributed by atoms with Gasteiger partial charge >= 0.3 is 5.69 Å². The summed E-state index contributed by atoms with van der Waals surface area (Å²) in [6, 6.07) is 11.5. The first-order chi connectivity index (χ1) is 13.0. The fraction of sp³-hybridized carbons (Fsp3) is 0.368. The van der Waals surface area contributed by atoms with E-state index in [1.165, 1.54) is 12.1 Å². The minimum Gasteiger partial charge on any atom is -0.450 e. The first-order valence-electron chi connectivity index (χ1n) is 8.67. The highest BCUT2D eigenvalue weighted by Crippen LogP contribution is 2.33. The lowest BCUT2D eigenvalue weighted by atomic mass is 9.94. The standard InChI is InChI=1S/C19H21ClN2O5/c20-15-3-6-18(17(11-15)22(24)25)27-16-4-1-14(2-5-16)12-21-13-19(23)7-9-26-10-8-19/h1-6,11,21,23H,7-10,12-13H2. The van der Waals surface area contributed by atoms with Crippen LogP contribution in [0, 0.1) is 10.1 Å². The molecule has 0 unspecified atom stereocenters. The highest BCUT2D eigenvalue weighted by atomic mass is 35.5. The lowest BCUT2D eigenvalue weighted by molar-refractivity contribution is -0.385. The Kier molecular flexibility index (Phi) is 6.28. The van der Waals surface area contributed by atoms with Crippen LogP contribution in [0.4, 0.5) is 5.69 Å². The van der Waals surface area contributed by atoms with E-state index in [1.807, 2.05) is 12.1 Å². The van der Waals surface area contributed by atoms with E-state index in [4.69, 9.17) is 21.1 Å². The molecule has 2 aromatic rings. The van der Waals surface area contributed by atoms with Crippen LogP contribution in [0.1, 0.15) is 18.4 Å². The SMILES string of the molecule is O=[N+]([O-])c1cc(Cl)ccc1Oc1ccc(CNCC2(O)CCOCC2)cc1. The van der Waals surface area contributed by atoms with E-state index < -0.39 is 10.5 Å². The fourth-order valence-electron chi connectivity index (χ4n) is 2.89. The minimum atomic E-state index is -0.713. The minimum absolute atomic E-state index is 0.136. The molecule has 1 heterocycles. The molecule has 0 amide bonds. The predicted molar refractivity (Wildman–Crippen MR) is 101 cm³/mol. The van der Waals surface area contributed by atoms with Gasteiger partial charge < -0.3 is 19.9 Å². The Morgan fingerprint density at radius 1 is 1.22 bits per heavy atom. The van der Waals surface area contributed by atoms with Gasteiger partial charge in [-0.3, -0.25) is 10.1 Å². The molecule has 2 aromatic carbocycles. The second kappa shape index (κ2) is 8.67. The summed E-state index contributed by atoms with van der Waals surface area (Å²) < 4.78 is 10.9. The normalized spacial score (nSPS) is 16.1. The number of hydrogen-bond acceptors (Lipinski definition) is 6. The van der Waals surface area contributed by atoms with Crippen LogP contribution in [0.25, 0.3) is 0 Å². The van der Waals surface area contributed by atoms with Crippen LogP contribution in [0.2, 0.25) is 5.02 Å². The van der Waals surface area contributed by atoms with Crippen molar-refractivity contribution in [1.29, 1.82) is 0 Å². The molecule has 7 nitrogen and oxygen atoms in total. The van der Waals surface area contributed by atoms with Crippen molar-refractivity contribution in [2.75, 3.05) is 19.8 Å².